The molecule has 142 valence electrons. The molecule has 3 rings (SSSR count). The molecule has 0 spiro atoms. The third-order valence-corrected chi connectivity index (χ3v) is 6.52. The van der Waals surface area contributed by atoms with Crippen molar-refractivity contribution >= 4 is 33.0 Å². The summed E-state index contributed by atoms with van der Waals surface area (Å²) in [5.74, 6) is -0.207. The van der Waals surface area contributed by atoms with Crippen LogP contribution in [-0.2, 0) is 14.8 Å². The highest BCUT2D eigenvalue weighted by Crippen LogP contribution is 2.24. The molecule has 7 nitrogen and oxygen atoms in total. The maximum absolute atomic E-state index is 12.8. The van der Waals surface area contributed by atoms with Gasteiger partial charge in [0.15, 0.2) is 0 Å². The number of hydrogen-bond acceptors (Lipinski definition) is 5. The van der Waals surface area contributed by atoms with Crippen LogP contribution in [0.3, 0.4) is 0 Å². The molecule has 0 saturated carbocycles. The Hall–Kier alpha value is -2.49. The highest BCUT2D eigenvalue weighted by molar-refractivity contribution is 7.89. The first-order valence-corrected chi connectivity index (χ1v) is 10.6. The van der Waals surface area contributed by atoms with Crippen LogP contribution in [-0.4, -0.2) is 30.7 Å². The summed E-state index contributed by atoms with van der Waals surface area (Å²) in [5.41, 5.74) is 1.12. The van der Waals surface area contributed by atoms with Gasteiger partial charge in [-0.25, -0.2) is 13.1 Å². The number of thiophene rings is 1. The molecule has 1 atom stereocenters. The van der Waals surface area contributed by atoms with Crippen molar-refractivity contribution in [2.24, 2.45) is 0 Å². The van der Waals surface area contributed by atoms with E-state index in [4.69, 9.17) is 0 Å². The van der Waals surface area contributed by atoms with E-state index in [1.54, 1.807) is 47.3 Å². The summed E-state index contributed by atoms with van der Waals surface area (Å²) in [7, 11) is -3.71. The van der Waals surface area contributed by atoms with Crippen LogP contribution in [0.4, 0.5) is 5.69 Å². The fraction of sp³-hybridized carbons (Fsp3) is 0.222. The number of aromatic nitrogens is 2. The van der Waals surface area contributed by atoms with Crippen LogP contribution in [0.1, 0.15) is 23.4 Å². The fourth-order valence-electron chi connectivity index (χ4n) is 2.77. The minimum absolute atomic E-state index is 0.178. The van der Waals surface area contributed by atoms with Gasteiger partial charge in [-0.3, -0.25) is 9.48 Å². The van der Waals surface area contributed by atoms with Gasteiger partial charge in [-0.05, 0) is 48.2 Å². The van der Waals surface area contributed by atoms with Crippen LogP contribution in [0.2, 0.25) is 0 Å². The maximum Gasteiger partial charge on any atom is 0.240 e. The lowest BCUT2D eigenvalue weighted by atomic mass is 10.2. The van der Waals surface area contributed by atoms with Gasteiger partial charge >= 0.3 is 0 Å². The minimum atomic E-state index is -3.71. The molecular weight excluding hydrogens is 384 g/mol. The Morgan fingerprint density at radius 3 is 2.70 bits per heavy atom. The van der Waals surface area contributed by atoms with Crippen LogP contribution in [0.15, 0.2) is 59.1 Å². The zero-order valence-electron chi connectivity index (χ0n) is 14.9. The van der Waals surface area contributed by atoms with Crippen molar-refractivity contribution < 1.29 is 13.2 Å². The van der Waals surface area contributed by atoms with Crippen LogP contribution in [0.25, 0.3) is 0 Å². The van der Waals surface area contributed by atoms with Gasteiger partial charge in [0.05, 0.1) is 10.9 Å². The van der Waals surface area contributed by atoms with E-state index in [9.17, 15) is 13.2 Å². The number of hydrogen-bond donors (Lipinski definition) is 2. The first kappa shape index (κ1) is 19.3. The monoisotopic (exact) mass is 404 g/mol. The van der Waals surface area contributed by atoms with E-state index in [0.717, 1.165) is 4.88 Å². The van der Waals surface area contributed by atoms with Crippen LogP contribution in [0.5, 0.6) is 0 Å². The molecule has 27 heavy (non-hydrogen) atoms. The third-order valence-electron chi connectivity index (χ3n) is 3.97. The summed E-state index contributed by atoms with van der Waals surface area (Å²) in [6, 6.07) is 10.2. The van der Waals surface area contributed by atoms with Crippen molar-refractivity contribution in [1.29, 1.82) is 0 Å². The fourth-order valence-corrected chi connectivity index (χ4v) is 4.85. The van der Waals surface area contributed by atoms with E-state index in [0.29, 0.717) is 11.3 Å². The lowest BCUT2D eigenvalue weighted by Gasteiger charge is -2.18. The van der Waals surface area contributed by atoms with E-state index < -0.39 is 10.0 Å². The van der Waals surface area contributed by atoms with E-state index in [2.05, 4.69) is 15.1 Å². The topological polar surface area (TPSA) is 93.1 Å². The largest absolute Gasteiger partial charge is 0.326 e. The summed E-state index contributed by atoms with van der Waals surface area (Å²) in [6.45, 7) is 3.28. The van der Waals surface area contributed by atoms with Gasteiger partial charge in [0.2, 0.25) is 15.9 Å². The average Bonchev–Trinajstić information content (AvgIpc) is 3.28. The predicted octanol–water partition coefficient (Wildman–Crippen LogP) is 2.78. The van der Waals surface area contributed by atoms with Crippen LogP contribution in [0, 0.1) is 6.92 Å². The predicted molar refractivity (Wildman–Crippen MR) is 105 cm³/mol. The number of rotatable bonds is 7. The van der Waals surface area contributed by atoms with Crippen molar-refractivity contribution in [3.8, 4) is 0 Å². The quantitative estimate of drug-likeness (QED) is 0.633. The van der Waals surface area contributed by atoms with E-state index in [-0.39, 0.29) is 23.4 Å². The van der Waals surface area contributed by atoms with Crippen molar-refractivity contribution in [2.45, 2.75) is 24.8 Å². The number of nitrogens with zero attached hydrogens (tertiary/aromatic N) is 2. The summed E-state index contributed by atoms with van der Waals surface area (Å²) in [6.07, 6.45) is 3.48. The first-order chi connectivity index (χ1) is 12.9. The molecule has 2 heterocycles. The zero-order valence-corrected chi connectivity index (χ0v) is 16.5. The van der Waals surface area contributed by atoms with Gasteiger partial charge in [-0.1, -0.05) is 6.07 Å². The maximum atomic E-state index is 12.8. The molecule has 1 unspecified atom stereocenters. The van der Waals surface area contributed by atoms with E-state index in [1.165, 1.54) is 13.0 Å². The van der Waals surface area contributed by atoms with Crippen LogP contribution >= 0.6 is 11.3 Å². The lowest BCUT2D eigenvalue weighted by molar-refractivity contribution is -0.114. The Morgan fingerprint density at radius 2 is 2.11 bits per heavy atom. The Kier molecular flexibility index (Phi) is 5.73. The van der Waals surface area contributed by atoms with Crippen molar-refractivity contribution in [2.75, 3.05) is 11.9 Å². The molecule has 1 aromatic carbocycles. The SMILES string of the molecule is CC(=O)Nc1ccc(S(=O)(=O)NCC(c2cccs2)n2cccn2)c(C)c1. The minimum Gasteiger partial charge on any atom is -0.326 e. The van der Waals surface area contributed by atoms with Gasteiger partial charge in [-0.15, -0.1) is 11.3 Å². The Labute approximate surface area is 162 Å². The second kappa shape index (κ2) is 8.03. The number of carbonyl (C=O) groups is 1. The molecule has 0 bridgehead atoms. The molecule has 1 amide bonds. The second-order valence-corrected chi connectivity index (χ2v) is 8.75. The normalized spacial score (nSPS) is 12.7. The summed E-state index contributed by atoms with van der Waals surface area (Å²) < 4.78 is 30.0. The van der Waals surface area contributed by atoms with Crippen molar-refractivity contribution in [1.82, 2.24) is 14.5 Å². The van der Waals surface area contributed by atoms with Gasteiger partial charge < -0.3 is 5.32 Å². The number of amides is 1. The first-order valence-electron chi connectivity index (χ1n) is 8.27. The van der Waals surface area contributed by atoms with Crippen molar-refractivity contribution in [3.63, 3.8) is 0 Å². The smallest absolute Gasteiger partial charge is 0.240 e. The number of aryl methyl sites for hydroxylation is 1. The summed E-state index contributed by atoms with van der Waals surface area (Å²) in [5, 5.41) is 8.85. The molecular formula is C18H20N4O3S2. The molecule has 2 aromatic heterocycles. The summed E-state index contributed by atoms with van der Waals surface area (Å²) >= 11 is 1.55. The highest BCUT2D eigenvalue weighted by atomic mass is 32.2. The standard InChI is InChI=1S/C18H20N4O3S2/c1-13-11-15(21-14(2)23)6-7-18(13)27(24,25)20-12-16(17-5-3-10-26-17)22-9-4-8-19-22/h3-11,16,20H,12H2,1-2H3,(H,21,23). The molecule has 2 N–H and O–H groups in total. The van der Waals surface area contributed by atoms with Gasteiger partial charge in [0.25, 0.3) is 0 Å². The Bertz CT molecular complexity index is 979. The number of benzene rings is 1. The van der Waals surface area contributed by atoms with Crippen LogP contribution < -0.4 is 10.0 Å². The molecule has 0 saturated heterocycles. The summed E-state index contributed by atoms with van der Waals surface area (Å²) in [4.78, 5) is 12.4. The molecule has 0 radical (unpaired) electrons. The second-order valence-electron chi connectivity index (χ2n) is 6.03. The zero-order chi connectivity index (χ0) is 19.4. The Morgan fingerprint density at radius 1 is 1.30 bits per heavy atom. The number of nitrogens with one attached hydrogen (secondary N) is 2. The molecule has 3 aromatic rings. The number of carbonyl (C=O) groups excluding carboxylic acids is 1. The highest BCUT2D eigenvalue weighted by Gasteiger charge is 2.22. The lowest BCUT2D eigenvalue weighted by Crippen LogP contribution is -2.31. The van der Waals surface area contributed by atoms with E-state index >= 15 is 0 Å². The molecule has 0 aliphatic rings. The molecule has 9 heteroatoms. The molecule has 0 fully saturated rings. The van der Waals surface area contributed by atoms with Gasteiger partial charge in [0.1, 0.15) is 0 Å². The van der Waals surface area contributed by atoms with Gasteiger partial charge in [0, 0.05) is 36.4 Å². The Balaban J connectivity index is 1.80. The molecule has 0 aliphatic heterocycles. The molecule has 0 aliphatic carbocycles. The number of sulfonamides is 1. The average molecular weight is 405 g/mol. The number of anilines is 1. The van der Waals surface area contributed by atoms with E-state index in [1.807, 2.05) is 23.7 Å². The van der Waals surface area contributed by atoms with Gasteiger partial charge in [-0.2, -0.15) is 5.10 Å². The van der Waals surface area contributed by atoms with Crippen molar-refractivity contribution in [3.05, 3.63) is 64.6 Å². The third kappa shape index (κ3) is 4.62.